The molecule has 17 heavy (non-hydrogen) atoms. The van der Waals surface area contributed by atoms with Crippen LogP contribution in [-0.2, 0) is 0 Å². The zero-order valence-corrected chi connectivity index (χ0v) is 13.0. The highest BCUT2D eigenvalue weighted by Crippen LogP contribution is 2.38. The minimum atomic E-state index is 0.720. The lowest BCUT2D eigenvalue weighted by Gasteiger charge is -2.32. The molecular formula is C17H36. The first-order chi connectivity index (χ1) is 8.18. The Hall–Kier alpha value is 0. The molecule has 0 nitrogen and oxygen atoms in total. The Bertz CT molecular complexity index is 136. The minimum absolute atomic E-state index is 0.720. The second kappa shape index (κ2) is 11.1. The van der Waals surface area contributed by atoms with Gasteiger partial charge in [-0.15, -0.1) is 0 Å². The molecule has 104 valence electrons. The highest BCUT2D eigenvalue weighted by atomic mass is 14.3. The monoisotopic (exact) mass is 240 g/mol. The summed E-state index contributed by atoms with van der Waals surface area (Å²) in [5.74, 6) is 0. The van der Waals surface area contributed by atoms with E-state index in [4.69, 9.17) is 0 Å². The molecule has 1 aliphatic rings. The molecule has 0 heterocycles. The van der Waals surface area contributed by atoms with E-state index in [0.717, 1.165) is 5.41 Å². The lowest BCUT2D eigenvalue weighted by atomic mass is 9.74. The first-order valence-electron chi connectivity index (χ1n) is 8.18. The van der Waals surface area contributed by atoms with Crippen LogP contribution in [0.3, 0.4) is 0 Å². The number of rotatable bonds is 6. The van der Waals surface area contributed by atoms with Gasteiger partial charge in [-0.1, -0.05) is 91.9 Å². The van der Waals surface area contributed by atoms with Crippen molar-refractivity contribution >= 4 is 0 Å². The molecule has 1 saturated carbocycles. The van der Waals surface area contributed by atoms with Crippen LogP contribution in [0.15, 0.2) is 0 Å². The Morgan fingerprint density at radius 2 is 1.18 bits per heavy atom. The fourth-order valence-electron chi connectivity index (χ4n) is 2.61. The fraction of sp³-hybridized carbons (Fsp3) is 1.00. The third-order valence-electron chi connectivity index (χ3n) is 4.37. The molecule has 1 fully saturated rings. The molecule has 0 aromatic carbocycles. The molecule has 0 heteroatoms. The predicted molar refractivity (Wildman–Crippen MR) is 80.5 cm³/mol. The van der Waals surface area contributed by atoms with Gasteiger partial charge in [-0.3, -0.25) is 0 Å². The zero-order valence-electron chi connectivity index (χ0n) is 13.0. The number of unbranched alkanes of at least 4 members (excludes halogenated alkanes) is 5. The first-order valence-corrected chi connectivity index (χ1v) is 8.18. The van der Waals surface area contributed by atoms with E-state index in [0.29, 0.717) is 0 Å². The van der Waals surface area contributed by atoms with Crippen LogP contribution in [0, 0.1) is 5.41 Å². The highest BCUT2D eigenvalue weighted by Gasteiger charge is 2.23. The number of hydrogen-bond acceptors (Lipinski definition) is 0. The Morgan fingerprint density at radius 3 is 1.47 bits per heavy atom. The van der Waals surface area contributed by atoms with Crippen LogP contribution < -0.4 is 0 Å². The van der Waals surface area contributed by atoms with Gasteiger partial charge in [0.15, 0.2) is 0 Å². The molecule has 0 amide bonds. The van der Waals surface area contributed by atoms with Crippen molar-refractivity contribution in [3.8, 4) is 0 Å². The molecule has 0 spiro atoms. The summed E-state index contributed by atoms with van der Waals surface area (Å²) in [5, 5.41) is 0. The zero-order chi connectivity index (χ0) is 13.0. The van der Waals surface area contributed by atoms with Crippen molar-refractivity contribution < 1.29 is 0 Å². The summed E-state index contributed by atoms with van der Waals surface area (Å²) in [5.41, 5.74) is 0.720. The summed E-state index contributed by atoms with van der Waals surface area (Å²) < 4.78 is 0. The molecule has 0 aromatic heterocycles. The van der Waals surface area contributed by atoms with Crippen LogP contribution in [0.5, 0.6) is 0 Å². The van der Waals surface area contributed by atoms with Gasteiger partial charge in [0.2, 0.25) is 0 Å². The van der Waals surface area contributed by atoms with Crippen molar-refractivity contribution in [2.24, 2.45) is 5.41 Å². The Morgan fingerprint density at radius 1 is 0.706 bits per heavy atom. The SMILES string of the molecule is CCC1(C)CCCCC1.CCCCCCCC. The summed E-state index contributed by atoms with van der Waals surface area (Å²) in [6.45, 7) is 9.27. The first kappa shape index (κ1) is 17.0. The van der Waals surface area contributed by atoms with E-state index in [1.165, 1.54) is 77.0 Å². The van der Waals surface area contributed by atoms with Gasteiger partial charge in [0, 0.05) is 0 Å². The van der Waals surface area contributed by atoms with Crippen molar-refractivity contribution in [3.05, 3.63) is 0 Å². The summed E-state index contributed by atoms with van der Waals surface area (Å²) in [4.78, 5) is 0. The average Bonchev–Trinajstić information content (AvgIpc) is 2.37. The molecular weight excluding hydrogens is 204 g/mol. The Kier molecular flexibility index (Phi) is 11.1. The van der Waals surface area contributed by atoms with Crippen molar-refractivity contribution in [1.82, 2.24) is 0 Å². The normalized spacial score (nSPS) is 18.4. The Balaban J connectivity index is 0.000000304. The van der Waals surface area contributed by atoms with Crippen LogP contribution >= 0.6 is 0 Å². The highest BCUT2D eigenvalue weighted by molar-refractivity contribution is 4.76. The number of hydrogen-bond donors (Lipinski definition) is 0. The second-order valence-corrected chi connectivity index (χ2v) is 6.14. The molecule has 0 atom stereocenters. The van der Waals surface area contributed by atoms with Gasteiger partial charge in [0.05, 0.1) is 0 Å². The van der Waals surface area contributed by atoms with Gasteiger partial charge in [0.1, 0.15) is 0 Å². The quantitative estimate of drug-likeness (QED) is 0.451. The summed E-state index contributed by atoms with van der Waals surface area (Å²) in [6.07, 6.45) is 17.3. The van der Waals surface area contributed by atoms with Gasteiger partial charge in [-0.05, 0) is 18.3 Å². The average molecular weight is 240 g/mol. The fourth-order valence-corrected chi connectivity index (χ4v) is 2.61. The predicted octanol–water partition coefficient (Wildman–Crippen LogP) is 6.73. The van der Waals surface area contributed by atoms with E-state index in [1.54, 1.807) is 0 Å². The van der Waals surface area contributed by atoms with Crippen molar-refractivity contribution in [2.75, 3.05) is 0 Å². The molecule has 0 unspecified atom stereocenters. The molecule has 0 radical (unpaired) electrons. The topological polar surface area (TPSA) is 0 Å². The second-order valence-electron chi connectivity index (χ2n) is 6.14. The van der Waals surface area contributed by atoms with E-state index in [1.807, 2.05) is 0 Å². The Labute approximate surface area is 111 Å². The van der Waals surface area contributed by atoms with Gasteiger partial charge in [-0.25, -0.2) is 0 Å². The summed E-state index contributed by atoms with van der Waals surface area (Å²) in [6, 6.07) is 0. The van der Waals surface area contributed by atoms with E-state index >= 15 is 0 Å². The lowest BCUT2D eigenvalue weighted by Crippen LogP contribution is -2.18. The third-order valence-corrected chi connectivity index (χ3v) is 4.37. The van der Waals surface area contributed by atoms with Crippen LogP contribution in [-0.4, -0.2) is 0 Å². The van der Waals surface area contributed by atoms with Crippen LogP contribution in [0.4, 0.5) is 0 Å². The maximum absolute atomic E-state index is 2.44. The smallest absolute Gasteiger partial charge is 0.0328 e. The van der Waals surface area contributed by atoms with Gasteiger partial charge in [0.25, 0.3) is 0 Å². The standard InChI is InChI=1S/C9H18.C8H18/c1-3-9(2)7-5-4-6-8-9;1-3-5-7-8-6-4-2/h3-8H2,1-2H3;3-8H2,1-2H3. The van der Waals surface area contributed by atoms with Crippen molar-refractivity contribution in [2.45, 2.75) is 105 Å². The molecule has 0 bridgehead atoms. The van der Waals surface area contributed by atoms with E-state index < -0.39 is 0 Å². The van der Waals surface area contributed by atoms with Crippen molar-refractivity contribution in [1.29, 1.82) is 0 Å². The minimum Gasteiger partial charge on any atom is -0.0654 e. The molecule has 0 N–H and O–H groups in total. The molecule has 0 saturated heterocycles. The van der Waals surface area contributed by atoms with E-state index in [9.17, 15) is 0 Å². The van der Waals surface area contributed by atoms with Crippen molar-refractivity contribution in [3.63, 3.8) is 0 Å². The van der Waals surface area contributed by atoms with E-state index in [-0.39, 0.29) is 0 Å². The molecule has 0 aliphatic heterocycles. The molecule has 1 aliphatic carbocycles. The molecule has 1 rings (SSSR count). The lowest BCUT2D eigenvalue weighted by molar-refractivity contribution is 0.208. The summed E-state index contributed by atoms with van der Waals surface area (Å²) in [7, 11) is 0. The largest absolute Gasteiger partial charge is 0.0654 e. The summed E-state index contributed by atoms with van der Waals surface area (Å²) >= 11 is 0. The maximum Gasteiger partial charge on any atom is -0.0328 e. The van der Waals surface area contributed by atoms with Crippen LogP contribution in [0.2, 0.25) is 0 Å². The van der Waals surface area contributed by atoms with E-state index in [2.05, 4.69) is 27.7 Å². The van der Waals surface area contributed by atoms with Crippen LogP contribution in [0.25, 0.3) is 0 Å². The van der Waals surface area contributed by atoms with Gasteiger partial charge in [-0.2, -0.15) is 0 Å². The van der Waals surface area contributed by atoms with Crippen LogP contribution in [0.1, 0.15) is 105 Å². The van der Waals surface area contributed by atoms with Gasteiger partial charge < -0.3 is 0 Å². The maximum atomic E-state index is 2.44. The van der Waals surface area contributed by atoms with Gasteiger partial charge >= 0.3 is 0 Å². The third kappa shape index (κ3) is 9.68. The molecule has 0 aromatic rings.